The first-order chi connectivity index (χ1) is 7.15. The van der Waals surface area contributed by atoms with Gasteiger partial charge in [0, 0.05) is 19.8 Å². The van der Waals surface area contributed by atoms with Crippen molar-refractivity contribution in [2.75, 3.05) is 18.5 Å². The molecule has 1 aromatic heterocycles. The lowest BCUT2D eigenvalue weighted by molar-refractivity contribution is 0.199. The minimum Gasteiger partial charge on any atom is -0.389 e. The van der Waals surface area contributed by atoms with Gasteiger partial charge >= 0.3 is 0 Å². The minimum absolute atomic E-state index is 0.425. The van der Waals surface area contributed by atoms with Crippen molar-refractivity contribution in [2.45, 2.75) is 32.8 Å². The van der Waals surface area contributed by atoms with Crippen LogP contribution in [0.15, 0.2) is 18.3 Å². The van der Waals surface area contributed by atoms with Crippen molar-refractivity contribution in [3.05, 3.63) is 23.9 Å². The van der Waals surface area contributed by atoms with Gasteiger partial charge in [-0.3, -0.25) is 0 Å². The van der Waals surface area contributed by atoms with Crippen LogP contribution in [0.3, 0.4) is 0 Å². The second-order valence-corrected chi connectivity index (χ2v) is 3.90. The van der Waals surface area contributed by atoms with E-state index in [1.807, 2.05) is 19.2 Å². The predicted molar refractivity (Wildman–Crippen MR) is 63.0 cm³/mol. The maximum atomic E-state index is 9.46. The summed E-state index contributed by atoms with van der Waals surface area (Å²) in [6, 6.07) is 3.79. The third kappa shape index (κ3) is 3.51. The topological polar surface area (TPSA) is 36.4 Å². The van der Waals surface area contributed by atoms with E-state index in [9.17, 15) is 5.11 Å². The van der Waals surface area contributed by atoms with E-state index in [1.54, 1.807) is 13.1 Å². The molecule has 1 atom stereocenters. The molecule has 0 radical (unpaired) electrons. The first-order valence-electron chi connectivity index (χ1n) is 5.50. The molecule has 0 spiro atoms. The van der Waals surface area contributed by atoms with E-state index in [4.69, 9.17) is 0 Å². The van der Waals surface area contributed by atoms with Crippen molar-refractivity contribution in [3.63, 3.8) is 0 Å². The second-order valence-electron chi connectivity index (χ2n) is 3.90. The van der Waals surface area contributed by atoms with Gasteiger partial charge in [0.1, 0.15) is 5.82 Å². The number of rotatable bonds is 5. The van der Waals surface area contributed by atoms with E-state index in [2.05, 4.69) is 16.8 Å². The first-order valence-corrected chi connectivity index (χ1v) is 5.50. The average Bonchev–Trinajstić information content (AvgIpc) is 2.26. The molecule has 0 aliphatic heterocycles. The summed E-state index contributed by atoms with van der Waals surface area (Å²) in [6.45, 7) is 4.95. The van der Waals surface area contributed by atoms with Crippen LogP contribution in [-0.2, 0) is 0 Å². The largest absolute Gasteiger partial charge is 0.389 e. The van der Waals surface area contributed by atoms with Crippen LogP contribution in [-0.4, -0.2) is 23.7 Å². The Morgan fingerprint density at radius 2 is 2.27 bits per heavy atom. The molecule has 0 aliphatic rings. The van der Waals surface area contributed by atoms with E-state index >= 15 is 0 Å². The molecule has 1 N–H and O–H groups in total. The standard InChI is InChI=1S/C12H20N2O/c1-4-5-8-14(3)12-9-11(10(2)15)6-7-13-12/h6-7,9-10,15H,4-5,8H2,1-3H3. The number of aliphatic hydroxyl groups excluding tert-OH is 1. The Morgan fingerprint density at radius 1 is 1.53 bits per heavy atom. The van der Waals surface area contributed by atoms with Crippen molar-refractivity contribution in [1.82, 2.24) is 4.98 Å². The fourth-order valence-corrected chi connectivity index (χ4v) is 1.41. The molecule has 3 nitrogen and oxygen atoms in total. The number of hydrogen-bond acceptors (Lipinski definition) is 3. The Morgan fingerprint density at radius 3 is 2.87 bits per heavy atom. The molecule has 15 heavy (non-hydrogen) atoms. The van der Waals surface area contributed by atoms with Crippen molar-refractivity contribution in [1.29, 1.82) is 0 Å². The van der Waals surface area contributed by atoms with Gasteiger partial charge in [-0.1, -0.05) is 13.3 Å². The molecule has 0 bridgehead atoms. The fraction of sp³-hybridized carbons (Fsp3) is 0.583. The Balaban J connectivity index is 2.71. The summed E-state index contributed by atoms with van der Waals surface area (Å²) in [7, 11) is 2.03. The Hall–Kier alpha value is -1.09. The van der Waals surface area contributed by atoms with E-state index < -0.39 is 6.10 Å². The van der Waals surface area contributed by atoms with Gasteiger partial charge in [-0.2, -0.15) is 0 Å². The van der Waals surface area contributed by atoms with Crippen molar-refractivity contribution in [3.8, 4) is 0 Å². The van der Waals surface area contributed by atoms with Gasteiger partial charge in [-0.15, -0.1) is 0 Å². The van der Waals surface area contributed by atoms with Crippen LogP contribution in [0, 0.1) is 0 Å². The van der Waals surface area contributed by atoms with Crippen LogP contribution >= 0.6 is 0 Å². The van der Waals surface area contributed by atoms with E-state index in [-0.39, 0.29) is 0 Å². The predicted octanol–water partition coefficient (Wildman–Crippen LogP) is 2.37. The van der Waals surface area contributed by atoms with Gasteiger partial charge in [0.05, 0.1) is 6.10 Å². The number of aromatic nitrogens is 1. The molecule has 0 saturated heterocycles. The highest BCUT2D eigenvalue weighted by Crippen LogP contribution is 2.17. The molecule has 0 aliphatic carbocycles. The number of aliphatic hydroxyl groups is 1. The fourth-order valence-electron chi connectivity index (χ4n) is 1.41. The number of anilines is 1. The molecule has 0 fully saturated rings. The van der Waals surface area contributed by atoms with Gasteiger partial charge in [0.25, 0.3) is 0 Å². The van der Waals surface area contributed by atoms with Crippen LogP contribution in [0.2, 0.25) is 0 Å². The molecule has 0 saturated carbocycles. The molecule has 1 heterocycles. The molecule has 3 heteroatoms. The normalized spacial score (nSPS) is 12.5. The third-order valence-electron chi connectivity index (χ3n) is 2.49. The molecule has 1 aromatic rings. The van der Waals surface area contributed by atoms with Crippen LogP contribution in [0.1, 0.15) is 38.4 Å². The van der Waals surface area contributed by atoms with Gasteiger partial charge in [-0.25, -0.2) is 4.98 Å². The van der Waals surface area contributed by atoms with Crippen LogP contribution in [0.25, 0.3) is 0 Å². The molecule has 0 amide bonds. The summed E-state index contributed by atoms with van der Waals surface area (Å²) in [5.41, 5.74) is 0.920. The average molecular weight is 208 g/mol. The number of nitrogens with zero attached hydrogens (tertiary/aromatic N) is 2. The summed E-state index contributed by atoms with van der Waals surface area (Å²) in [6.07, 6.45) is 3.67. The van der Waals surface area contributed by atoms with E-state index in [1.165, 1.54) is 6.42 Å². The highest BCUT2D eigenvalue weighted by Gasteiger charge is 2.05. The number of hydrogen-bond donors (Lipinski definition) is 1. The minimum atomic E-state index is -0.425. The van der Waals surface area contributed by atoms with Crippen LogP contribution in [0.4, 0.5) is 5.82 Å². The highest BCUT2D eigenvalue weighted by molar-refractivity contribution is 5.40. The second kappa shape index (κ2) is 5.71. The van der Waals surface area contributed by atoms with Gasteiger partial charge < -0.3 is 10.0 Å². The lowest BCUT2D eigenvalue weighted by atomic mass is 10.1. The van der Waals surface area contributed by atoms with Crippen molar-refractivity contribution < 1.29 is 5.11 Å². The lowest BCUT2D eigenvalue weighted by Gasteiger charge is -2.18. The van der Waals surface area contributed by atoms with Crippen LogP contribution in [0.5, 0.6) is 0 Å². The maximum absolute atomic E-state index is 9.46. The molecule has 1 rings (SSSR count). The van der Waals surface area contributed by atoms with Gasteiger partial charge in [0.15, 0.2) is 0 Å². The van der Waals surface area contributed by atoms with E-state index in [0.29, 0.717) is 0 Å². The molecular weight excluding hydrogens is 188 g/mol. The Bertz CT molecular complexity index is 299. The zero-order valence-corrected chi connectivity index (χ0v) is 9.77. The summed E-state index contributed by atoms with van der Waals surface area (Å²) < 4.78 is 0. The third-order valence-corrected chi connectivity index (χ3v) is 2.49. The van der Waals surface area contributed by atoms with Crippen molar-refractivity contribution >= 4 is 5.82 Å². The maximum Gasteiger partial charge on any atom is 0.128 e. The van der Waals surface area contributed by atoms with E-state index in [0.717, 1.165) is 24.3 Å². The zero-order chi connectivity index (χ0) is 11.3. The first kappa shape index (κ1) is 12.0. The summed E-state index contributed by atoms with van der Waals surface area (Å²) >= 11 is 0. The lowest BCUT2D eigenvalue weighted by Crippen LogP contribution is -2.19. The molecule has 84 valence electrons. The summed E-state index contributed by atoms with van der Waals surface area (Å²) in [5, 5.41) is 9.46. The Labute approximate surface area is 91.8 Å². The summed E-state index contributed by atoms with van der Waals surface area (Å²) in [4.78, 5) is 6.41. The molecular formula is C12H20N2O. The quantitative estimate of drug-likeness (QED) is 0.807. The van der Waals surface area contributed by atoms with Gasteiger partial charge in [0.2, 0.25) is 0 Å². The molecule has 0 aromatic carbocycles. The summed E-state index contributed by atoms with van der Waals surface area (Å²) in [5.74, 6) is 0.932. The highest BCUT2D eigenvalue weighted by atomic mass is 16.3. The number of pyridine rings is 1. The Kier molecular flexibility index (Phi) is 4.56. The molecule has 1 unspecified atom stereocenters. The monoisotopic (exact) mass is 208 g/mol. The van der Waals surface area contributed by atoms with Crippen molar-refractivity contribution in [2.24, 2.45) is 0 Å². The zero-order valence-electron chi connectivity index (χ0n) is 9.77. The smallest absolute Gasteiger partial charge is 0.128 e. The number of unbranched alkanes of at least 4 members (excludes halogenated alkanes) is 1. The SMILES string of the molecule is CCCCN(C)c1cc(C(C)O)ccn1. The van der Waals surface area contributed by atoms with Gasteiger partial charge in [-0.05, 0) is 31.0 Å². The van der Waals surface area contributed by atoms with Crippen LogP contribution < -0.4 is 4.90 Å².